The zero-order chi connectivity index (χ0) is 10.8. The van der Waals surface area contributed by atoms with Crippen molar-refractivity contribution in [1.29, 1.82) is 0 Å². The Morgan fingerprint density at radius 1 is 1.40 bits per heavy atom. The molecule has 0 aliphatic heterocycles. The summed E-state index contributed by atoms with van der Waals surface area (Å²) in [7, 11) is 0. The fourth-order valence-electron chi connectivity index (χ4n) is 1.84. The Morgan fingerprint density at radius 2 is 2.20 bits per heavy atom. The number of hydrogen-bond donors (Lipinski definition) is 2. The van der Waals surface area contributed by atoms with Gasteiger partial charge in [-0.05, 0) is 18.1 Å². The lowest BCUT2D eigenvalue weighted by Gasteiger charge is -2.18. The van der Waals surface area contributed by atoms with E-state index < -0.39 is 0 Å². The molecule has 2 rings (SSSR count). The Hall–Kier alpha value is -1.39. The molecule has 0 fully saturated rings. The van der Waals surface area contributed by atoms with E-state index in [1.807, 2.05) is 29.0 Å². The molecule has 0 saturated heterocycles. The molecule has 0 aliphatic rings. The summed E-state index contributed by atoms with van der Waals surface area (Å²) >= 11 is 0. The number of pyridine rings is 1. The zero-order valence-corrected chi connectivity index (χ0v) is 9.01. The predicted octanol–water partition coefficient (Wildman–Crippen LogP) is 1.49. The second-order valence-corrected chi connectivity index (χ2v) is 4.02. The number of hydrogen-bond acceptors (Lipinski definition) is 3. The number of aromatic nitrogens is 2. The van der Waals surface area contributed by atoms with Gasteiger partial charge in [0.1, 0.15) is 0 Å². The zero-order valence-electron chi connectivity index (χ0n) is 9.01. The van der Waals surface area contributed by atoms with E-state index in [0.717, 1.165) is 11.1 Å². The fraction of sp³-hybridized carbons (Fsp3) is 0.364. The molecule has 0 saturated carbocycles. The highest BCUT2D eigenvalue weighted by Crippen LogP contribution is 2.24. The number of nitrogens with zero attached hydrogens (tertiary/aromatic N) is 2. The molecule has 4 heteroatoms. The van der Waals surface area contributed by atoms with Crippen LogP contribution in [0.4, 0.5) is 0 Å². The second kappa shape index (κ2) is 4.00. The Kier molecular flexibility index (Phi) is 2.70. The van der Waals surface area contributed by atoms with E-state index >= 15 is 0 Å². The van der Waals surface area contributed by atoms with Gasteiger partial charge < -0.3 is 0 Å². The third-order valence-corrected chi connectivity index (χ3v) is 2.64. The summed E-state index contributed by atoms with van der Waals surface area (Å²) in [6.07, 6.45) is 3.81. The minimum absolute atomic E-state index is 0.143. The van der Waals surface area contributed by atoms with Crippen LogP contribution in [0, 0.1) is 5.92 Å². The molecule has 0 bridgehead atoms. The molecule has 2 heterocycles. The molecule has 0 aromatic carbocycles. The Balaban J connectivity index is 2.51. The lowest BCUT2D eigenvalue weighted by molar-refractivity contribution is 0.423. The fourth-order valence-corrected chi connectivity index (χ4v) is 1.84. The highest BCUT2D eigenvalue weighted by molar-refractivity contribution is 5.54. The minimum Gasteiger partial charge on any atom is -0.271 e. The van der Waals surface area contributed by atoms with Gasteiger partial charge in [0, 0.05) is 11.8 Å². The molecule has 80 valence electrons. The van der Waals surface area contributed by atoms with Gasteiger partial charge in [-0.3, -0.25) is 11.3 Å². The number of nitrogens with one attached hydrogen (secondary N) is 1. The van der Waals surface area contributed by atoms with Crippen LogP contribution in [-0.4, -0.2) is 9.61 Å². The van der Waals surface area contributed by atoms with E-state index in [4.69, 9.17) is 5.84 Å². The molecule has 4 nitrogen and oxygen atoms in total. The van der Waals surface area contributed by atoms with Gasteiger partial charge in [0.2, 0.25) is 0 Å². The maximum atomic E-state index is 5.57. The maximum absolute atomic E-state index is 5.57. The summed E-state index contributed by atoms with van der Waals surface area (Å²) in [5.41, 5.74) is 5.09. The van der Waals surface area contributed by atoms with Crippen LogP contribution in [0.3, 0.4) is 0 Å². The van der Waals surface area contributed by atoms with Gasteiger partial charge in [-0.1, -0.05) is 19.9 Å². The van der Waals surface area contributed by atoms with Crippen molar-refractivity contribution in [3.05, 3.63) is 36.2 Å². The molecule has 2 aromatic rings. The first-order valence-corrected chi connectivity index (χ1v) is 5.12. The van der Waals surface area contributed by atoms with Gasteiger partial charge in [-0.25, -0.2) is 4.52 Å². The van der Waals surface area contributed by atoms with Gasteiger partial charge >= 0.3 is 0 Å². The van der Waals surface area contributed by atoms with E-state index in [1.165, 1.54) is 0 Å². The lowest BCUT2D eigenvalue weighted by atomic mass is 9.98. The Morgan fingerprint density at radius 3 is 2.87 bits per heavy atom. The first-order chi connectivity index (χ1) is 7.24. The van der Waals surface area contributed by atoms with Crippen LogP contribution in [-0.2, 0) is 0 Å². The molecule has 0 spiro atoms. The van der Waals surface area contributed by atoms with Crippen LogP contribution < -0.4 is 11.3 Å². The van der Waals surface area contributed by atoms with Crippen molar-refractivity contribution in [3.63, 3.8) is 0 Å². The van der Waals surface area contributed by atoms with Crippen LogP contribution in [0.15, 0.2) is 30.6 Å². The molecule has 15 heavy (non-hydrogen) atoms. The van der Waals surface area contributed by atoms with Crippen LogP contribution in [0.25, 0.3) is 5.52 Å². The third-order valence-electron chi connectivity index (χ3n) is 2.64. The van der Waals surface area contributed by atoms with Gasteiger partial charge in [0.05, 0.1) is 17.8 Å². The van der Waals surface area contributed by atoms with Crippen LogP contribution in [0.1, 0.15) is 25.5 Å². The third kappa shape index (κ3) is 1.73. The summed E-state index contributed by atoms with van der Waals surface area (Å²) in [6, 6.07) is 6.16. The van der Waals surface area contributed by atoms with Crippen molar-refractivity contribution in [2.75, 3.05) is 0 Å². The molecule has 2 aromatic heterocycles. The van der Waals surface area contributed by atoms with Gasteiger partial charge in [-0.2, -0.15) is 5.10 Å². The summed E-state index contributed by atoms with van der Waals surface area (Å²) in [5, 5.41) is 4.29. The predicted molar refractivity (Wildman–Crippen MR) is 60.1 cm³/mol. The standard InChI is InChI=1S/C11H16N4/c1-8(2)11(14-12)9-7-13-15-6-4-3-5-10(9)15/h3-8,11,14H,12H2,1-2H3. The normalized spacial score (nSPS) is 13.6. The highest BCUT2D eigenvalue weighted by Gasteiger charge is 2.17. The smallest absolute Gasteiger partial charge is 0.0710 e. The molecule has 0 aliphatic carbocycles. The van der Waals surface area contributed by atoms with Crippen molar-refractivity contribution in [1.82, 2.24) is 15.0 Å². The number of hydrazine groups is 1. The Labute approximate surface area is 89.1 Å². The SMILES string of the molecule is CC(C)C(NN)c1cnn2ccccc12. The van der Waals surface area contributed by atoms with Crippen LogP contribution in [0.5, 0.6) is 0 Å². The van der Waals surface area contributed by atoms with E-state index in [0.29, 0.717) is 5.92 Å². The van der Waals surface area contributed by atoms with Crippen LogP contribution >= 0.6 is 0 Å². The van der Waals surface area contributed by atoms with Crippen LogP contribution in [0.2, 0.25) is 0 Å². The summed E-state index contributed by atoms with van der Waals surface area (Å²) in [5.74, 6) is 6.00. The Bertz CT molecular complexity index is 447. The summed E-state index contributed by atoms with van der Waals surface area (Å²) < 4.78 is 1.86. The van der Waals surface area contributed by atoms with Gasteiger partial charge in [0.25, 0.3) is 0 Å². The van der Waals surface area contributed by atoms with Crippen molar-refractivity contribution in [2.24, 2.45) is 11.8 Å². The molecule has 1 atom stereocenters. The average molecular weight is 204 g/mol. The molecule has 0 radical (unpaired) electrons. The molecule has 3 N–H and O–H groups in total. The number of rotatable bonds is 3. The molecule has 1 unspecified atom stereocenters. The van der Waals surface area contributed by atoms with Crippen molar-refractivity contribution in [2.45, 2.75) is 19.9 Å². The maximum Gasteiger partial charge on any atom is 0.0710 e. The first-order valence-electron chi connectivity index (χ1n) is 5.12. The van der Waals surface area contributed by atoms with Crippen molar-refractivity contribution < 1.29 is 0 Å². The van der Waals surface area contributed by atoms with Gasteiger partial charge in [-0.15, -0.1) is 0 Å². The molecular weight excluding hydrogens is 188 g/mol. The molecular formula is C11H16N4. The van der Waals surface area contributed by atoms with E-state index in [2.05, 4.69) is 30.4 Å². The van der Waals surface area contributed by atoms with Crippen molar-refractivity contribution >= 4 is 5.52 Å². The monoisotopic (exact) mass is 204 g/mol. The quantitative estimate of drug-likeness (QED) is 0.588. The highest BCUT2D eigenvalue weighted by atomic mass is 15.3. The van der Waals surface area contributed by atoms with E-state index in [-0.39, 0.29) is 6.04 Å². The topological polar surface area (TPSA) is 55.3 Å². The second-order valence-electron chi connectivity index (χ2n) is 4.02. The minimum atomic E-state index is 0.143. The van der Waals surface area contributed by atoms with E-state index in [9.17, 15) is 0 Å². The molecule has 0 amide bonds. The lowest BCUT2D eigenvalue weighted by Crippen LogP contribution is -2.31. The summed E-state index contributed by atoms with van der Waals surface area (Å²) in [4.78, 5) is 0. The first kappa shape index (κ1) is 10.1. The van der Waals surface area contributed by atoms with Gasteiger partial charge in [0.15, 0.2) is 0 Å². The number of nitrogens with two attached hydrogens (primary N) is 1. The average Bonchev–Trinajstić information content (AvgIpc) is 2.63. The van der Waals surface area contributed by atoms with E-state index in [1.54, 1.807) is 0 Å². The van der Waals surface area contributed by atoms with Crippen molar-refractivity contribution in [3.8, 4) is 0 Å². The number of fused-ring (bicyclic) bond motifs is 1. The summed E-state index contributed by atoms with van der Waals surface area (Å²) in [6.45, 7) is 4.27. The largest absolute Gasteiger partial charge is 0.271 e.